The van der Waals surface area contributed by atoms with E-state index < -0.39 is 0 Å². The SMILES string of the molecule is CNc1cc(OCc2cc(COc3cc4c(cc3OC)C(=O)N3c5ccccc5CC3C=N4)cc(NC(=O)CCC(C)(C)S)c2)c(OC)cc1C. The van der Waals surface area contributed by atoms with Gasteiger partial charge in [0, 0.05) is 60.0 Å². The Bertz CT molecular complexity index is 1990. The Hall–Kier alpha value is -5.16. The third kappa shape index (κ3) is 8.09. The van der Waals surface area contributed by atoms with E-state index in [2.05, 4.69) is 23.3 Å². The number of rotatable bonds is 13. The maximum absolute atomic E-state index is 13.8. The highest BCUT2D eigenvalue weighted by molar-refractivity contribution is 7.81. The van der Waals surface area contributed by atoms with Gasteiger partial charge in [-0.25, -0.2) is 0 Å². The number of para-hydroxylation sites is 1. The van der Waals surface area contributed by atoms with Gasteiger partial charge in [0.2, 0.25) is 5.91 Å². The van der Waals surface area contributed by atoms with Crippen LogP contribution in [-0.2, 0) is 24.4 Å². The van der Waals surface area contributed by atoms with Crippen molar-refractivity contribution < 1.29 is 28.5 Å². The number of aliphatic imine (C=N–C) groups is 1. The summed E-state index contributed by atoms with van der Waals surface area (Å²) >= 11 is 4.57. The minimum absolute atomic E-state index is 0.112. The van der Waals surface area contributed by atoms with E-state index in [0.717, 1.165) is 33.6 Å². The number of methoxy groups -OCH3 is 2. The Morgan fingerprint density at radius 1 is 0.941 bits per heavy atom. The first kappa shape index (κ1) is 35.7. The van der Waals surface area contributed by atoms with Gasteiger partial charge in [-0.1, -0.05) is 32.0 Å². The number of hydrogen-bond acceptors (Lipinski definition) is 9. The van der Waals surface area contributed by atoms with Crippen LogP contribution in [0.25, 0.3) is 0 Å². The van der Waals surface area contributed by atoms with E-state index >= 15 is 0 Å². The smallest absolute Gasteiger partial charge is 0.261 e. The third-order valence-electron chi connectivity index (χ3n) is 9.00. The van der Waals surface area contributed by atoms with Gasteiger partial charge in [-0.05, 0) is 72.0 Å². The first-order chi connectivity index (χ1) is 24.5. The molecule has 4 aromatic carbocycles. The first-order valence-electron chi connectivity index (χ1n) is 16.9. The molecular weight excluding hydrogens is 665 g/mol. The van der Waals surface area contributed by atoms with Crippen molar-refractivity contribution in [3.63, 3.8) is 0 Å². The van der Waals surface area contributed by atoms with Crippen LogP contribution in [0.1, 0.15) is 59.3 Å². The molecule has 6 rings (SSSR count). The number of amides is 2. The predicted octanol–water partition coefficient (Wildman–Crippen LogP) is 7.93. The van der Waals surface area contributed by atoms with Gasteiger partial charge in [-0.3, -0.25) is 19.5 Å². The molecule has 1 unspecified atom stereocenters. The Balaban J connectivity index is 1.25. The van der Waals surface area contributed by atoms with Crippen molar-refractivity contribution in [2.45, 2.75) is 64.0 Å². The molecule has 2 aliphatic rings. The molecule has 2 amide bonds. The Morgan fingerprint density at radius 3 is 2.27 bits per heavy atom. The van der Waals surface area contributed by atoms with Gasteiger partial charge in [0.1, 0.15) is 13.2 Å². The summed E-state index contributed by atoms with van der Waals surface area (Å²) in [6.07, 6.45) is 3.48. The molecule has 0 aromatic heterocycles. The second kappa shape index (κ2) is 15.0. The van der Waals surface area contributed by atoms with E-state index in [-0.39, 0.29) is 35.8 Å². The summed E-state index contributed by atoms with van der Waals surface area (Å²) in [6, 6.07) is 20.8. The molecule has 51 heavy (non-hydrogen) atoms. The third-order valence-corrected chi connectivity index (χ3v) is 9.22. The molecule has 0 radical (unpaired) electrons. The number of nitrogens with zero attached hydrogens (tertiary/aromatic N) is 2. The lowest BCUT2D eigenvalue weighted by atomic mass is 10.1. The number of anilines is 3. The summed E-state index contributed by atoms with van der Waals surface area (Å²) in [5, 5.41) is 6.22. The molecule has 0 saturated carbocycles. The van der Waals surface area contributed by atoms with Crippen LogP contribution in [0.3, 0.4) is 0 Å². The highest BCUT2D eigenvalue weighted by Crippen LogP contribution is 2.41. The Morgan fingerprint density at radius 2 is 1.61 bits per heavy atom. The topological polar surface area (TPSA) is 111 Å². The number of nitrogens with one attached hydrogen (secondary N) is 2. The number of ether oxygens (including phenoxy) is 4. The van der Waals surface area contributed by atoms with E-state index in [9.17, 15) is 9.59 Å². The zero-order valence-electron chi connectivity index (χ0n) is 29.8. The van der Waals surface area contributed by atoms with Crippen molar-refractivity contribution in [1.82, 2.24) is 0 Å². The van der Waals surface area contributed by atoms with E-state index in [1.807, 2.05) is 88.6 Å². The highest BCUT2D eigenvalue weighted by atomic mass is 32.1. The van der Waals surface area contributed by atoms with Crippen LogP contribution in [-0.4, -0.2) is 50.1 Å². The number of fused-ring (bicyclic) bond motifs is 4. The van der Waals surface area contributed by atoms with Gasteiger partial charge in [0.15, 0.2) is 23.0 Å². The molecule has 10 nitrogen and oxygen atoms in total. The van der Waals surface area contributed by atoms with Crippen molar-refractivity contribution in [2.24, 2.45) is 4.99 Å². The number of carbonyl (C=O) groups excluding carboxylic acids is 2. The van der Waals surface area contributed by atoms with Crippen molar-refractivity contribution in [3.05, 3.63) is 94.5 Å². The van der Waals surface area contributed by atoms with Crippen LogP contribution < -0.4 is 34.5 Å². The average molecular weight is 709 g/mol. The number of carbonyl (C=O) groups is 2. The maximum Gasteiger partial charge on any atom is 0.261 e. The molecule has 0 saturated heterocycles. The fraction of sp³-hybridized carbons (Fsp3) is 0.325. The number of aryl methyl sites for hydroxylation is 1. The minimum atomic E-state index is -0.270. The van der Waals surface area contributed by atoms with Crippen molar-refractivity contribution in [2.75, 3.05) is 36.8 Å². The Kier molecular flexibility index (Phi) is 10.5. The molecule has 0 bridgehead atoms. The second-order valence-electron chi connectivity index (χ2n) is 13.4. The summed E-state index contributed by atoms with van der Waals surface area (Å²) in [6.45, 7) is 6.32. The molecule has 0 aliphatic carbocycles. The predicted molar refractivity (Wildman–Crippen MR) is 205 cm³/mol. The van der Waals surface area contributed by atoms with Crippen LogP contribution in [0, 0.1) is 6.92 Å². The lowest BCUT2D eigenvalue weighted by Gasteiger charge is -2.22. The summed E-state index contributed by atoms with van der Waals surface area (Å²) in [5.41, 5.74) is 7.16. The van der Waals surface area contributed by atoms with Gasteiger partial charge >= 0.3 is 0 Å². The number of hydrogen-bond donors (Lipinski definition) is 3. The zero-order chi connectivity index (χ0) is 36.3. The van der Waals surface area contributed by atoms with Gasteiger partial charge in [0.25, 0.3) is 5.91 Å². The minimum Gasteiger partial charge on any atom is -0.493 e. The van der Waals surface area contributed by atoms with E-state index in [1.54, 1.807) is 31.3 Å². The van der Waals surface area contributed by atoms with Crippen LogP contribution >= 0.6 is 12.6 Å². The summed E-state index contributed by atoms with van der Waals surface area (Å²) in [5.74, 6) is 1.82. The number of thiol groups is 1. The maximum atomic E-state index is 13.8. The quantitative estimate of drug-likeness (QED) is 0.121. The van der Waals surface area contributed by atoms with Crippen LogP contribution in [0.5, 0.6) is 23.0 Å². The summed E-state index contributed by atoms with van der Waals surface area (Å²) < 4.78 is 23.6. The average Bonchev–Trinajstić information content (AvgIpc) is 3.43. The van der Waals surface area contributed by atoms with E-state index in [4.69, 9.17) is 23.9 Å². The highest BCUT2D eigenvalue weighted by Gasteiger charge is 2.36. The lowest BCUT2D eigenvalue weighted by Crippen LogP contribution is -2.37. The molecule has 0 fully saturated rings. The van der Waals surface area contributed by atoms with Gasteiger partial charge in [0.05, 0.1) is 31.5 Å². The van der Waals surface area contributed by atoms with Gasteiger partial charge < -0.3 is 29.6 Å². The molecule has 266 valence electrons. The molecule has 4 aromatic rings. The molecule has 2 aliphatic heterocycles. The monoisotopic (exact) mass is 708 g/mol. The Labute approximate surface area is 304 Å². The molecule has 2 N–H and O–H groups in total. The van der Waals surface area contributed by atoms with Crippen LogP contribution in [0.4, 0.5) is 22.7 Å². The summed E-state index contributed by atoms with van der Waals surface area (Å²) in [7, 11) is 5.01. The van der Waals surface area contributed by atoms with Crippen molar-refractivity contribution >= 4 is 53.4 Å². The first-order valence-corrected chi connectivity index (χ1v) is 17.4. The van der Waals surface area contributed by atoms with Gasteiger partial charge in [-0.15, -0.1) is 0 Å². The van der Waals surface area contributed by atoms with Crippen LogP contribution in [0.15, 0.2) is 71.7 Å². The van der Waals surface area contributed by atoms with Crippen molar-refractivity contribution in [3.8, 4) is 23.0 Å². The van der Waals surface area contributed by atoms with E-state index in [0.29, 0.717) is 59.2 Å². The normalized spacial score (nSPS) is 14.6. The van der Waals surface area contributed by atoms with Crippen molar-refractivity contribution in [1.29, 1.82) is 0 Å². The van der Waals surface area contributed by atoms with Crippen LogP contribution in [0.2, 0.25) is 0 Å². The molecule has 1 atom stereocenters. The van der Waals surface area contributed by atoms with E-state index in [1.165, 1.54) is 0 Å². The molecule has 11 heteroatoms. The lowest BCUT2D eigenvalue weighted by molar-refractivity contribution is -0.116. The molecular formula is C40H44N4O6S. The fourth-order valence-electron chi connectivity index (χ4n) is 6.36. The molecule has 2 heterocycles. The molecule has 0 spiro atoms. The fourth-order valence-corrected chi connectivity index (χ4v) is 6.47. The largest absolute Gasteiger partial charge is 0.493 e. The zero-order valence-corrected chi connectivity index (χ0v) is 30.7. The standard InChI is InChI=1S/C40H44N4O6S/c1-24-13-34(47-5)36(19-31(24)41-4)49-22-25-14-26(16-28(15-25)43-38(45)11-12-40(2,3)51)23-50-37-20-32-30(18-35(37)48-6)39(46)44-29(21-42-32)17-27-9-7-8-10-33(27)44/h7-10,13-16,18-21,29,41,51H,11-12,17,22-23H2,1-6H3,(H,43,45). The summed E-state index contributed by atoms with van der Waals surface area (Å²) in [4.78, 5) is 33.3. The van der Waals surface area contributed by atoms with Gasteiger partial charge in [-0.2, -0.15) is 12.6 Å². The number of benzene rings is 4. The second-order valence-corrected chi connectivity index (χ2v) is 14.6.